The average Bonchev–Trinajstić information content (AvgIpc) is 2.39. The van der Waals surface area contributed by atoms with E-state index in [-0.39, 0.29) is 4.08 Å². The summed E-state index contributed by atoms with van der Waals surface area (Å²) in [4.78, 5) is 0. The highest BCUT2D eigenvalue weighted by molar-refractivity contribution is 7.99. The summed E-state index contributed by atoms with van der Waals surface area (Å²) in [5, 5.41) is 0. The van der Waals surface area contributed by atoms with Gasteiger partial charge in [-0.2, -0.15) is 25.3 Å². The molecule has 0 bridgehead atoms. The van der Waals surface area contributed by atoms with E-state index in [1.54, 1.807) is 0 Å². The summed E-state index contributed by atoms with van der Waals surface area (Å²) >= 11 is 9.34. The lowest BCUT2D eigenvalue weighted by atomic mass is 10.0. The zero-order valence-corrected chi connectivity index (χ0v) is 11.4. The third-order valence-corrected chi connectivity index (χ3v) is 3.80. The van der Waals surface area contributed by atoms with Gasteiger partial charge in [-0.3, -0.25) is 0 Å². The second kappa shape index (κ2) is 5.65. The van der Waals surface area contributed by atoms with E-state index in [4.69, 9.17) is 0 Å². The molecular weight excluding hydrogens is 244 g/mol. The van der Waals surface area contributed by atoms with Crippen LogP contribution in [0.2, 0.25) is 0 Å². The lowest BCUT2D eigenvalue weighted by Crippen LogP contribution is -2.11. The standard InChI is InChI=1S/C15H16S2/c16-15(17,14-9-5-2-6-10-14)12-11-13-7-3-1-4-8-13/h1-10,16-17H,11-12H2. The molecule has 0 heterocycles. The van der Waals surface area contributed by atoms with Gasteiger partial charge in [0.25, 0.3) is 0 Å². The molecule has 2 heteroatoms. The maximum Gasteiger partial charge on any atom is 0.0805 e. The molecule has 0 unspecified atom stereocenters. The lowest BCUT2D eigenvalue weighted by Gasteiger charge is -2.23. The maximum absolute atomic E-state index is 4.67. The monoisotopic (exact) mass is 260 g/mol. The molecule has 2 aromatic carbocycles. The molecule has 0 saturated heterocycles. The number of thiol groups is 2. The van der Waals surface area contributed by atoms with Gasteiger partial charge in [0, 0.05) is 0 Å². The van der Waals surface area contributed by atoms with Crippen molar-refractivity contribution in [1.29, 1.82) is 0 Å². The molecule has 17 heavy (non-hydrogen) atoms. The van der Waals surface area contributed by atoms with Crippen LogP contribution in [0.25, 0.3) is 0 Å². The molecule has 2 rings (SSSR count). The number of rotatable bonds is 4. The number of hydrogen-bond acceptors (Lipinski definition) is 2. The second-order valence-electron chi connectivity index (χ2n) is 4.17. The number of benzene rings is 2. The lowest BCUT2D eigenvalue weighted by molar-refractivity contribution is 0.764. The minimum atomic E-state index is -0.364. The van der Waals surface area contributed by atoms with E-state index in [9.17, 15) is 0 Å². The van der Waals surface area contributed by atoms with Crippen molar-refractivity contribution in [2.75, 3.05) is 0 Å². The molecule has 0 aliphatic rings. The fourth-order valence-corrected chi connectivity index (χ4v) is 2.33. The van der Waals surface area contributed by atoms with Crippen LogP contribution >= 0.6 is 25.3 Å². The third-order valence-electron chi connectivity index (χ3n) is 2.84. The minimum Gasteiger partial charge on any atom is -0.157 e. The zero-order valence-electron chi connectivity index (χ0n) is 9.58. The van der Waals surface area contributed by atoms with Gasteiger partial charge in [0.2, 0.25) is 0 Å². The fourth-order valence-electron chi connectivity index (χ4n) is 1.81. The topological polar surface area (TPSA) is 0 Å². The SMILES string of the molecule is SC(S)(CCc1ccccc1)c1ccccc1. The molecular formula is C15H16S2. The highest BCUT2D eigenvalue weighted by atomic mass is 32.2. The van der Waals surface area contributed by atoms with Crippen LogP contribution in [-0.4, -0.2) is 0 Å². The fraction of sp³-hybridized carbons (Fsp3) is 0.200. The van der Waals surface area contributed by atoms with E-state index in [0.29, 0.717) is 0 Å². The van der Waals surface area contributed by atoms with Gasteiger partial charge in [-0.25, -0.2) is 0 Å². The Kier molecular flexibility index (Phi) is 4.19. The van der Waals surface area contributed by atoms with Gasteiger partial charge >= 0.3 is 0 Å². The number of hydrogen-bond donors (Lipinski definition) is 2. The molecule has 0 N–H and O–H groups in total. The molecule has 88 valence electrons. The van der Waals surface area contributed by atoms with Gasteiger partial charge in [0.1, 0.15) is 0 Å². The van der Waals surface area contributed by atoms with Crippen LogP contribution in [0.4, 0.5) is 0 Å². The Morgan fingerprint density at radius 2 is 1.29 bits per heavy atom. The summed E-state index contributed by atoms with van der Waals surface area (Å²) in [5.74, 6) is 0. The highest BCUT2D eigenvalue weighted by Gasteiger charge is 2.22. The van der Waals surface area contributed by atoms with E-state index >= 15 is 0 Å². The van der Waals surface area contributed by atoms with Gasteiger partial charge < -0.3 is 0 Å². The van der Waals surface area contributed by atoms with Crippen LogP contribution in [0.3, 0.4) is 0 Å². The molecule has 0 saturated carbocycles. The van der Waals surface area contributed by atoms with E-state index in [1.165, 1.54) is 5.56 Å². The van der Waals surface area contributed by atoms with Crippen molar-refractivity contribution in [3.8, 4) is 0 Å². The first-order chi connectivity index (χ1) is 8.18. The third kappa shape index (κ3) is 3.55. The summed E-state index contributed by atoms with van der Waals surface area (Å²) in [6.07, 6.45) is 1.90. The highest BCUT2D eigenvalue weighted by Crippen LogP contribution is 2.37. The number of aryl methyl sites for hydroxylation is 1. The Balaban J connectivity index is 2.03. The smallest absolute Gasteiger partial charge is 0.0805 e. The van der Waals surface area contributed by atoms with Crippen molar-refractivity contribution in [3.05, 3.63) is 71.8 Å². The van der Waals surface area contributed by atoms with Gasteiger partial charge in [-0.05, 0) is 24.0 Å². The summed E-state index contributed by atoms with van der Waals surface area (Å²) < 4.78 is -0.364. The van der Waals surface area contributed by atoms with Gasteiger partial charge in [0.05, 0.1) is 4.08 Å². The van der Waals surface area contributed by atoms with Gasteiger partial charge in [-0.1, -0.05) is 60.7 Å². The molecule has 0 amide bonds. The summed E-state index contributed by atoms with van der Waals surface area (Å²) in [7, 11) is 0. The van der Waals surface area contributed by atoms with E-state index in [2.05, 4.69) is 61.7 Å². The maximum atomic E-state index is 4.67. The molecule has 0 spiro atoms. The Morgan fingerprint density at radius 3 is 1.88 bits per heavy atom. The molecule has 0 nitrogen and oxygen atoms in total. The van der Waals surface area contributed by atoms with E-state index in [0.717, 1.165) is 18.4 Å². The van der Waals surface area contributed by atoms with Crippen molar-refractivity contribution >= 4 is 25.3 Å². The van der Waals surface area contributed by atoms with E-state index < -0.39 is 0 Å². The van der Waals surface area contributed by atoms with Gasteiger partial charge in [0.15, 0.2) is 0 Å². The molecule has 0 aliphatic carbocycles. The second-order valence-corrected chi connectivity index (χ2v) is 6.05. The van der Waals surface area contributed by atoms with Crippen LogP contribution in [-0.2, 0) is 10.5 Å². The molecule has 0 radical (unpaired) electrons. The van der Waals surface area contributed by atoms with Crippen LogP contribution < -0.4 is 0 Å². The Labute approximate surface area is 114 Å². The first-order valence-corrected chi connectivity index (χ1v) is 6.62. The predicted molar refractivity (Wildman–Crippen MR) is 80.9 cm³/mol. The molecule has 2 aromatic rings. The summed E-state index contributed by atoms with van der Waals surface area (Å²) in [6.45, 7) is 0. The summed E-state index contributed by atoms with van der Waals surface area (Å²) in [6, 6.07) is 20.7. The van der Waals surface area contributed by atoms with Crippen molar-refractivity contribution in [2.24, 2.45) is 0 Å². The van der Waals surface area contributed by atoms with Crippen LogP contribution in [0.15, 0.2) is 60.7 Å². The van der Waals surface area contributed by atoms with Crippen molar-refractivity contribution in [2.45, 2.75) is 16.9 Å². The molecule has 0 fully saturated rings. The van der Waals surface area contributed by atoms with Crippen molar-refractivity contribution < 1.29 is 0 Å². The predicted octanol–water partition coefficient (Wildman–Crippen LogP) is 4.33. The normalized spacial score (nSPS) is 11.4. The van der Waals surface area contributed by atoms with Crippen LogP contribution in [0, 0.1) is 0 Å². The summed E-state index contributed by atoms with van der Waals surface area (Å²) in [5.41, 5.74) is 2.48. The Morgan fingerprint density at radius 1 is 0.765 bits per heavy atom. The van der Waals surface area contributed by atoms with Crippen LogP contribution in [0.5, 0.6) is 0 Å². The first kappa shape index (κ1) is 12.6. The van der Waals surface area contributed by atoms with E-state index in [1.807, 2.05) is 24.3 Å². The zero-order chi connectivity index (χ0) is 12.1. The quantitative estimate of drug-likeness (QED) is 0.593. The minimum absolute atomic E-state index is 0.364. The van der Waals surface area contributed by atoms with Crippen molar-refractivity contribution in [1.82, 2.24) is 0 Å². The molecule has 0 atom stereocenters. The van der Waals surface area contributed by atoms with Gasteiger partial charge in [-0.15, -0.1) is 0 Å². The first-order valence-electron chi connectivity index (χ1n) is 5.73. The average molecular weight is 260 g/mol. The Bertz CT molecular complexity index is 449. The Hall–Kier alpha value is -0.860. The molecule has 0 aliphatic heterocycles. The van der Waals surface area contributed by atoms with Crippen LogP contribution in [0.1, 0.15) is 17.5 Å². The largest absolute Gasteiger partial charge is 0.157 e. The molecule has 0 aromatic heterocycles. The van der Waals surface area contributed by atoms with Crippen molar-refractivity contribution in [3.63, 3.8) is 0 Å².